The zero-order valence-electron chi connectivity index (χ0n) is 18.2. The molecule has 0 radical (unpaired) electrons. The van der Waals surface area contributed by atoms with Crippen molar-refractivity contribution in [2.45, 2.75) is 25.6 Å². The molecule has 3 rings (SSSR count). The summed E-state index contributed by atoms with van der Waals surface area (Å²) in [5.74, 6) is 0.283. The van der Waals surface area contributed by atoms with Crippen LogP contribution in [-0.4, -0.2) is 30.8 Å². The van der Waals surface area contributed by atoms with Crippen LogP contribution in [0, 0.1) is 5.82 Å². The van der Waals surface area contributed by atoms with Crippen molar-refractivity contribution in [2.24, 2.45) is 0 Å². The van der Waals surface area contributed by atoms with Crippen molar-refractivity contribution in [1.29, 1.82) is 0 Å². The van der Waals surface area contributed by atoms with Gasteiger partial charge in [0.05, 0.1) is 7.11 Å². The Hall–Kier alpha value is -3.82. The van der Waals surface area contributed by atoms with Crippen molar-refractivity contribution in [3.63, 3.8) is 0 Å². The van der Waals surface area contributed by atoms with E-state index >= 15 is 0 Å². The number of hydrogen-bond acceptors (Lipinski definition) is 5. The van der Waals surface area contributed by atoms with Crippen LogP contribution in [0.2, 0.25) is 0 Å². The van der Waals surface area contributed by atoms with E-state index in [9.17, 15) is 22.4 Å². The minimum atomic E-state index is -4.45. The molecule has 6 nitrogen and oxygen atoms in total. The molecule has 1 N–H and O–H groups in total. The molecule has 0 saturated heterocycles. The van der Waals surface area contributed by atoms with Gasteiger partial charge < -0.3 is 19.5 Å². The smallest absolute Gasteiger partial charge is 0.422 e. The SMILES string of the molecule is COc1cc(CCC(=O)NCc2ccnc(Oc3ccc(F)cc3)c2)ccc1OCC(F)(F)F. The van der Waals surface area contributed by atoms with Gasteiger partial charge in [-0.2, -0.15) is 13.2 Å². The van der Waals surface area contributed by atoms with Gasteiger partial charge in [0.2, 0.25) is 11.8 Å². The molecule has 0 bridgehead atoms. The van der Waals surface area contributed by atoms with E-state index in [1.165, 1.54) is 43.6 Å². The average molecular weight is 478 g/mol. The first-order valence-electron chi connectivity index (χ1n) is 10.2. The Morgan fingerprint density at radius 1 is 1.00 bits per heavy atom. The van der Waals surface area contributed by atoms with Crippen molar-refractivity contribution < 1.29 is 36.6 Å². The molecule has 34 heavy (non-hydrogen) atoms. The summed E-state index contributed by atoms with van der Waals surface area (Å²) in [4.78, 5) is 16.4. The minimum absolute atomic E-state index is 0.0237. The molecule has 0 aliphatic carbocycles. The number of aryl methyl sites for hydroxylation is 1. The van der Waals surface area contributed by atoms with E-state index in [1.807, 2.05) is 0 Å². The summed E-state index contributed by atoms with van der Waals surface area (Å²) in [6.07, 6.45) is -2.40. The third-order valence-corrected chi connectivity index (χ3v) is 4.59. The van der Waals surface area contributed by atoms with Gasteiger partial charge in [-0.05, 0) is 60.0 Å². The fourth-order valence-electron chi connectivity index (χ4n) is 2.93. The van der Waals surface area contributed by atoms with Gasteiger partial charge in [0, 0.05) is 25.2 Å². The number of nitrogens with zero attached hydrogens (tertiary/aromatic N) is 1. The molecule has 3 aromatic rings. The highest BCUT2D eigenvalue weighted by Crippen LogP contribution is 2.30. The van der Waals surface area contributed by atoms with Crippen LogP contribution in [0.15, 0.2) is 60.8 Å². The Morgan fingerprint density at radius 2 is 1.76 bits per heavy atom. The summed E-state index contributed by atoms with van der Waals surface area (Å²) in [5, 5.41) is 2.79. The summed E-state index contributed by atoms with van der Waals surface area (Å²) in [6, 6.07) is 13.4. The Balaban J connectivity index is 1.49. The summed E-state index contributed by atoms with van der Waals surface area (Å²) < 4.78 is 65.5. The largest absolute Gasteiger partial charge is 0.493 e. The number of ether oxygens (including phenoxy) is 3. The molecule has 0 aliphatic heterocycles. The van der Waals surface area contributed by atoms with Gasteiger partial charge in [0.15, 0.2) is 18.1 Å². The van der Waals surface area contributed by atoms with Crippen molar-refractivity contribution in [3.05, 3.63) is 77.7 Å². The lowest BCUT2D eigenvalue weighted by Gasteiger charge is -2.13. The van der Waals surface area contributed by atoms with Crippen molar-refractivity contribution in [2.75, 3.05) is 13.7 Å². The molecule has 0 spiro atoms. The van der Waals surface area contributed by atoms with Gasteiger partial charge in [-0.15, -0.1) is 0 Å². The van der Waals surface area contributed by atoms with Crippen LogP contribution in [0.4, 0.5) is 17.6 Å². The monoisotopic (exact) mass is 478 g/mol. The molecule has 0 atom stereocenters. The maximum Gasteiger partial charge on any atom is 0.422 e. The Morgan fingerprint density at radius 3 is 2.47 bits per heavy atom. The zero-order chi connectivity index (χ0) is 24.6. The van der Waals surface area contributed by atoms with Crippen LogP contribution >= 0.6 is 0 Å². The second-order valence-electron chi connectivity index (χ2n) is 7.22. The van der Waals surface area contributed by atoms with E-state index in [1.54, 1.807) is 24.3 Å². The highest BCUT2D eigenvalue weighted by molar-refractivity contribution is 5.76. The number of nitrogens with one attached hydrogen (secondary N) is 1. The van der Waals surface area contributed by atoms with E-state index in [0.29, 0.717) is 23.6 Å². The topological polar surface area (TPSA) is 69.7 Å². The Bertz CT molecular complexity index is 1100. The molecule has 0 fully saturated rings. The first kappa shape index (κ1) is 24.8. The maximum atomic E-state index is 13.0. The predicted molar refractivity (Wildman–Crippen MR) is 115 cm³/mol. The number of rotatable bonds is 10. The second kappa shape index (κ2) is 11.4. The van der Waals surface area contributed by atoms with Gasteiger partial charge in [-0.3, -0.25) is 4.79 Å². The highest BCUT2D eigenvalue weighted by Gasteiger charge is 2.29. The van der Waals surface area contributed by atoms with Crippen LogP contribution < -0.4 is 19.5 Å². The van der Waals surface area contributed by atoms with E-state index in [4.69, 9.17) is 14.2 Å². The third kappa shape index (κ3) is 7.95. The zero-order valence-corrected chi connectivity index (χ0v) is 18.2. The van der Waals surface area contributed by atoms with E-state index in [0.717, 1.165) is 5.56 Å². The number of alkyl halides is 3. The molecule has 1 aromatic heterocycles. The minimum Gasteiger partial charge on any atom is -0.493 e. The summed E-state index contributed by atoms with van der Waals surface area (Å²) >= 11 is 0. The quantitative estimate of drug-likeness (QED) is 0.405. The fraction of sp³-hybridized carbons (Fsp3) is 0.250. The normalized spacial score (nSPS) is 11.1. The van der Waals surface area contributed by atoms with Gasteiger partial charge in [0.1, 0.15) is 11.6 Å². The summed E-state index contributed by atoms with van der Waals surface area (Å²) in [6.45, 7) is -1.18. The molecule has 10 heteroatoms. The third-order valence-electron chi connectivity index (χ3n) is 4.59. The number of aromatic nitrogens is 1. The lowest BCUT2D eigenvalue weighted by molar-refractivity contribution is -0.153. The van der Waals surface area contributed by atoms with E-state index in [-0.39, 0.29) is 36.2 Å². The lowest BCUT2D eigenvalue weighted by atomic mass is 10.1. The van der Waals surface area contributed by atoms with E-state index in [2.05, 4.69) is 10.3 Å². The van der Waals surface area contributed by atoms with Crippen molar-refractivity contribution >= 4 is 5.91 Å². The average Bonchev–Trinajstić information content (AvgIpc) is 2.81. The maximum absolute atomic E-state index is 13.0. The first-order valence-corrected chi connectivity index (χ1v) is 10.2. The molecule has 0 saturated carbocycles. The first-order chi connectivity index (χ1) is 16.2. The lowest BCUT2D eigenvalue weighted by Crippen LogP contribution is -2.23. The number of carbonyl (C=O) groups is 1. The van der Waals surface area contributed by atoms with Gasteiger partial charge >= 0.3 is 6.18 Å². The van der Waals surface area contributed by atoms with Crippen LogP contribution in [0.3, 0.4) is 0 Å². The molecular formula is C24H22F4N2O4. The van der Waals surface area contributed by atoms with Crippen molar-refractivity contribution in [1.82, 2.24) is 10.3 Å². The Kier molecular flexibility index (Phi) is 8.29. The Labute approximate surface area is 193 Å². The molecule has 0 unspecified atom stereocenters. The number of carbonyl (C=O) groups excluding carboxylic acids is 1. The molecule has 1 amide bonds. The standard InChI is InChI=1S/C24H22F4N2O4/c1-32-21-12-16(2-8-20(21)33-15-24(26,27)28)3-9-22(31)30-14-17-10-11-29-23(13-17)34-19-6-4-18(25)5-7-19/h2,4-8,10-13H,3,9,14-15H2,1H3,(H,30,31). The van der Waals surface area contributed by atoms with Crippen LogP contribution in [0.25, 0.3) is 0 Å². The summed E-state index contributed by atoms with van der Waals surface area (Å²) in [5.41, 5.74) is 1.47. The fourth-order valence-corrected chi connectivity index (χ4v) is 2.93. The highest BCUT2D eigenvalue weighted by atomic mass is 19.4. The van der Waals surface area contributed by atoms with Gasteiger partial charge in [-0.25, -0.2) is 9.37 Å². The predicted octanol–water partition coefficient (Wildman–Crippen LogP) is 5.21. The number of benzene rings is 2. The number of pyridine rings is 1. The van der Waals surface area contributed by atoms with Crippen LogP contribution in [0.5, 0.6) is 23.1 Å². The van der Waals surface area contributed by atoms with Crippen LogP contribution in [0.1, 0.15) is 17.5 Å². The van der Waals surface area contributed by atoms with Gasteiger partial charge in [-0.1, -0.05) is 6.07 Å². The van der Waals surface area contributed by atoms with Crippen molar-refractivity contribution in [3.8, 4) is 23.1 Å². The van der Waals surface area contributed by atoms with Gasteiger partial charge in [0.25, 0.3) is 0 Å². The molecule has 0 aliphatic rings. The molecule has 180 valence electrons. The molecule has 2 aromatic carbocycles. The van der Waals surface area contributed by atoms with Crippen LogP contribution in [-0.2, 0) is 17.8 Å². The van der Waals surface area contributed by atoms with E-state index < -0.39 is 12.8 Å². The number of halogens is 4. The molecular weight excluding hydrogens is 456 g/mol. The number of amides is 1. The summed E-state index contributed by atoms with van der Waals surface area (Å²) in [7, 11) is 1.33. The number of methoxy groups -OCH3 is 1. The second-order valence-corrected chi connectivity index (χ2v) is 7.22. The molecule has 1 heterocycles. The number of hydrogen-bond donors (Lipinski definition) is 1.